The van der Waals surface area contributed by atoms with Crippen LogP contribution in [-0.2, 0) is 0 Å². The first kappa shape index (κ1) is 14.4. The van der Waals surface area contributed by atoms with Gasteiger partial charge in [0.05, 0.1) is 0 Å². The van der Waals surface area contributed by atoms with Gasteiger partial charge in [0, 0.05) is 0 Å². The number of hydrogen-bond acceptors (Lipinski definition) is 0. The topological polar surface area (TPSA) is 0 Å². The lowest BCUT2D eigenvalue weighted by molar-refractivity contribution is 0.0402. The molecule has 0 spiro atoms. The zero-order chi connectivity index (χ0) is 12.0. The molecule has 1 heteroatoms. The first-order valence-corrected chi connectivity index (χ1v) is 6.12. The minimum absolute atomic E-state index is 0.229. The fourth-order valence-electron chi connectivity index (χ4n) is 3.38. The van der Waals surface area contributed by atoms with Crippen LogP contribution in [-0.4, -0.2) is 5.16 Å². The van der Waals surface area contributed by atoms with E-state index < -0.39 is 0 Å². The Morgan fingerprint density at radius 1 is 0.500 bits per heavy atom. The van der Waals surface area contributed by atoms with Gasteiger partial charge in [-0.15, -0.1) is 9.24 Å². The Labute approximate surface area is 93.4 Å². The van der Waals surface area contributed by atoms with E-state index in [-0.39, 0.29) is 21.4 Å². The van der Waals surface area contributed by atoms with E-state index in [1.165, 1.54) is 0 Å². The molecule has 0 amide bonds. The Balaban J connectivity index is 5.54. The third-order valence-corrected chi connectivity index (χ3v) is 6.15. The van der Waals surface area contributed by atoms with Crippen molar-refractivity contribution in [3.05, 3.63) is 0 Å². The van der Waals surface area contributed by atoms with Gasteiger partial charge in [-0.25, -0.2) is 0 Å². The molecule has 14 heavy (non-hydrogen) atoms. The van der Waals surface area contributed by atoms with Crippen LogP contribution in [0.5, 0.6) is 0 Å². The Morgan fingerprint density at radius 2 is 0.643 bits per heavy atom. The van der Waals surface area contributed by atoms with Gasteiger partial charge in [0.2, 0.25) is 0 Å². The Morgan fingerprint density at radius 3 is 0.643 bits per heavy atom. The summed E-state index contributed by atoms with van der Waals surface area (Å²) < 4.78 is 0. The van der Waals surface area contributed by atoms with Crippen molar-refractivity contribution in [1.82, 2.24) is 0 Å². The minimum Gasteiger partial charge on any atom is -0.129 e. The van der Waals surface area contributed by atoms with Gasteiger partial charge in [-0.05, 0) is 21.4 Å². The summed E-state index contributed by atoms with van der Waals surface area (Å²) in [5, 5.41) is 0.229. The Bertz CT molecular complexity index is 159. The molecule has 0 radical (unpaired) electrons. The molecule has 0 aromatic carbocycles. The van der Waals surface area contributed by atoms with Crippen molar-refractivity contribution in [3.8, 4) is 0 Å². The molecular weight excluding hydrogens is 187 g/mol. The zero-order valence-electron chi connectivity index (χ0n) is 11.6. The Hall–Kier alpha value is 0.430. The van der Waals surface area contributed by atoms with E-state index >= 15 is 0 Å². The molecule has 1 unspecified atom stereocenters. The molecule has 0 aliphatic heterocycles. The number of hydrogen-bond donors (Lipinski definition) is 0. The third kappa shape index (κ3) is 2.16. The molecule has 0 N–H and O–H groups in total. The first-order valence-electron chi connectivity index (χ1n) is 5.54. The predicted molar refractivity (Wildman–Crippen MR) is 70.8 cm³/mol. The molecule has 0 heterocycles. The fraction of sp³-hybridized carbons (Fsp3) is 1.00. The van der Waals surface area contributed by atoms with Crippen LogP contribution in [0, 0.1) is 16.2 Å². The monoisotopic (exact) mass is 216 g/mol. The molecule has 0 bridgehead atoms. The second kappa shape index (κ2) is 3.48. The summed E-state index contributed by atoms with van der Waals surface area (Å²) in [5.41, 5.74) is 0.858. The highest BCUT2D eigenvalue weighted by molar-refractivity contribution is 7.19. The summed E-state index contributed by atoms with van der Waals surface area (Å²) in [6, 6.07) is 0. The second-order valence-electron chi connectivity index (χ2n) is 7.56. The average Bonchev–Trinajstić information content (AvgIpc) is 1.77. The molecule has 0 rings (SSSR count). The summed E-state index contributed by atoms with van der Waals surface area (Å²) in [7, 11) is 3.15. The molecule has 0 aromatic rings. The molecule has 0 aromatic heterocycles. The highest BCUT2D eigenvalue weighted by atomic mass is 31.0. The van der Waals surface area contributed by atoms with E-state index in [0.29, 0.717) is 0 Å². The quantitative estimate of drug-likeness (QED) is 0.513. The van der Waals surface area contributed by atoms with Crippen LogP contribution >= 0.6 is 9.24 Å². The van der Waals surface area contributed by atoms with Crippen LogP contribution in [0.4, 0.5) is 0 Å². The lowest BCUT2D eigenvalue weighted by Gasteiger charge is -2.59. The van der Waals surface area contributed by atoms with Crippen LogP contribution in [0.3, 0.4) is 0 Å². The predicted octanol–water partition coefficient (Wildman–Crippen LogP) is 4.74. The van der Waals surface area contributed by atoms with Crippen molar-refractivity contribution in [2.24, 2.45) is 16.2 Å². The molecule has 0 saturated heterocycles. The maximum absolute atomic E-state index is 3.15. The fourth-order valence-corrected chi connectivity index (χ4v) is 3.38. The van der Waals surface area contributed by atoms with Gasteiger partial charge in [0.15, 0.2) is 0 Å². The smallest absolute Gasteiger partial charge is 0.000543 e. The summed E-state index contributed by atoms with van der Waals surface area (Å²) in [5.74, 6) is 0. The highest BCUT2D eigenvalue weighted by Crippen LogP contribution is 2.59. The van der Waals surface area contributed by atoms with Crippen molar-refractivity contribution >= 4 is 9.24 Å². The minimum atomic E-state index is 0.229. The molecule has 0 nitrogen and oxygen atoms in total. The van der Waals surface area contributed by atoms with Gasteiger partial charge in [0.25, 0.3) is 0 Å². The average molecular weight is 216 g/mol. The maximum atomic E-state index is 3.15. The Kier molecular flexibility index (Phi) is 3.58. The largest absolute Gasteiger partial charge is 0.129 e. The molecule has 86 valence electrons. The van der Waals surface area contributed by atoms with Gasteiger partial charge in [-0.1, -0.05) is 62.3 Å². The van der Waals surface area contributed by atoms with Crippen molar-refractivity contribution in [1.29, 1.82) is 0 Å². The van der Waals surface area contributed by atoms with Crippen LogP contribution in [0.2, 0.25) is 0 Å². The van der Waals surface area contributed by atoms with Gasteiger partial charge in [-0.3, -0.25) is 0 Å². The van der Waals surface area contributed by atoms with E-state index in [2.05, 4.69) is 71.6 Å². The summed E-state index contributed by atoms with van der Waals surface area (Å²) >= 11 is 0. The van der Waals surface area contributed by atoms with Crippen molar-refractivity contribution in [2.75, 3.05) is 0 Å². The maximum Gasteiger partial charge on any atom is -0.000543 e. The van der Waals surface area contributed by atoms with E-state index in [0.717, 1.165) is 0 Å². The van der Waals surface area contributed by atoms with Gasteiger partial charge >= 0.3 is 0 Å². The zero-order valence-corrected chi connectivity index (χ0v) is 12.7. The lowest BCUT2D eigenvalue weighted by atomic mass is 9.55. The normalized spacial score (nSPS) is 15.9. The molecule has 0 aliphatic carbocycles. The van der Waals surface area contributed by atoms with Gasteiger partial charge < -0.3 is 0 Å². The van der Waals surface area contributed by atoms with Crippen LogP contribution in [0.15, 0.2) is 0 Å². The lowest BCUT2D eigenvalue weighted by Crippen LogP contribution is -2.56. The second-order valence-corrected chi connectivity index (χ2v) is 8.42. The van der Waals surface area contributed by atoms with Crippen molar-refractivity contribution < 1.29 is 0 Å². The summed E-state index contributed by atoms with van der Waals surface area (Å²) in [6.07, 6.45) is 0. The van der Waals surface area contributed by atoms with E-state index in [4.69, 9.17) is 0 Å². The van der Waals surface area contributed by atoms with E-state index in [1.807, 2.05) is 0 Å². The molecule has 0 aliphatic rings. The van der Waals surface area contributed by atoms with Crippen LogP contribution in [0.25, 0.3) is 0 Å². The first-order chi connectivity index (χ1) is 5.75. The summed E-state index contributed by atoms with van der Waals surface area (Å²) in [6.45, 7) is 21.1. The van der Waals surface area contributed by atoms with Crippen molar-refractivity contribution in [2.45, 2.75) is 67.5 Å². The standard InChI is InChI=1S/C13H29P/c1-10(2,3)13(14,11(4,5)6)12(7,8)9/h14H2,1-9H3. The van der Waals surface area contributed by atoms with E-state index in [1.54, 1.807) is 0 Å². The molecule has 0 saturated carbocycles. The third-order valence-electron chi connectivity index (χ3n) is 3.55. The van der Waals surface area contributed by atoms with E-state index in [9.17, 15) is 0 Å². The highest BCUT2D eigenvalue weighted by Gasteiger charge is 2.53. The van der Waals surface area contributed by atoms with Gasteiger partial charge in [-0.2, -0.15) is 0 Å². The number of rotatable bonds is 0. The molecule has 0 fully saturated rings. The van der Waals surface area contributed by atoms with Crippen LogP contribution < -0.4 is 0 Å². The molecule has 1 atom stereocenters. The SMILES string of the molecule is CC(C)(C)C(P)(C(C)(C)C)C(C)(C)C. The van der Waals surface area contributed by atoms with Crippen LogP contribution in [0.1, 0.15) is 62.3 Å². The molecular formula is C13H29P. The van der Waals surface area contributed by atoms with Crippen molar-refractivity contribution in [3.63, 3.8) is 0 Å². The summed E-state index contributed by atoms with van der Waals surface area (Å²) in [4.78, 5) is 0. The van der Waals surface area contributed by atoms with Gasteiger partial charge in [0.1, 0.15) is 0 Å².